The van der Waals surface area contributed by atoms with Crippen molar-refractivity contribution in [3.63, 3.8) is 0 Å². The molecule has 7 heteroatoms. The van der Waals surface area contributed by atoms with Crippen LogP contribution in [0.1, 0.15) is 74.4 Å². The molecule has 5 rings (SSSR count). The highest BCUT2D eigenvalue weighted by Crippen LogP contribution is 2.43. The number of aromatic amines is 1. The Morgan fingerprint density at radius 1 is 1.18 bits per heavy atom. The van der Waals surface area contributed by atoms with E-state index in [2.05, 4.69) is 24.9 Å². The number of carbonyl (C=O) groups is 2. The quantitative estimate of drug-likeness (QED) is 0.549. The average molecular weight is 479 g/mol. The van der Waals surface area contributed by atoms with Gasteiger partial charge < -0.3 is 19.4 Å². The highest BCUT2D eigenvalue weighted by Gasteiger charge is 2.39. The lowest BCUT2D eigenvalue weighted by atomic mass is 9.75. The lowest BCUT2D eigenvalue weighted by Crippen LogP contribution is -2.40. The molecule has 178 valence electrons. The summed E-state index contributed by atoms with van der Waals surface area (Å²) in [4.78, 5) is 33.3. The third-order valence-corrected chi connectivity index (χ3v) is 7.99. The molecule has 3 heterocycles. The number of ketones is 1. The number of hydrogen-bond donors (Lipinski definition) is 1. The number of carbonyl (C=O) groups excluding carboxylic acids is 2. The minimum atomic E-state index is -0.233. The molecule has 34 heavy (non-hydrogen) atoms. The number of hydrogen-bond acceptors (Lipinski definition) is 5. The molecular formula is C27H30N2O4S. The minimum absolute atomic E-state index is 0.0728. The standard InChI is InChI=1S/C27H30N2O4S/c1-15-23-18(13-27(2,3)14-19(23)30)28-24(15)26(31)29-9-8-16-11-20(32-4)21(33-5)12-17(16)25(29)22-7-6-10-34-22/h6-7,10-12,25,28H,8-9,13-14H2,1-5H3. The number of nitrogens with one attached hydrogen (secondary N) is 1. The van der Waals surface area contributed by atoms with Gasteiger partial charge in [-0.25, -0.2) is 0 Å². The van der Waals surface area contributed by atoms with E-state index in [1.807, 2.05) is 35.4 Å². The first kappa shape index (κ1) is 22.7. The zero-order valence-corrected chi connectivity index (χ0v) is 21.1. The fourth-order valence-electron chi connectivity index (χ4n) is 5.51. The van der Waals surface area contributed by atoms with Gasteiger partial charge in [0.05, 0.1) is 20.3 Å². The Labute approximate surface area is 203 Å². The van der Waals surface area contributed by atoms with E-state index in [4.69, 9.17) is 9.47 Å². The summed E-state index contributed by atoms with van der Waals surface area (Å²) in [6, 6.07) is 7.87. The molecule has 2 aromatic heterocycles. The van der Waals surface area contributed by atoms with E-state index >= 15 is 0 Å². The largest absolute Gasteiger partial charge is 0.493 e. The van der Waals surface area contributed by atoms with Crippen molar-refractivity contribution in [1.82, 2.24) is 9.88 Å². The highest BCUT2D eigenvalue weighted by atomic mass is 32.1. The molecule has 0 saturated carbocycles. The van der Waals surface area contributed by atoms with Crippen LogP contribution in [-0.2, 0) is 12.8 Å². The van der Waals surface area contributed by atoms with Gasteiger partial charge in [0.2, 0.25) is 0 Å². The molecule has 0 radical (unpaired) electrons. The zero-order chi connectivity index (χ0) is 24.2. The third kappa shape index (κ3) is 3.63. The number of aromatic nitrogens is 1. The number of amides is 1. The second kappa shape index (κ2) is 8.31. The van der Waals surface area contributed by atoms with Gasteiger partial charge in [-0.05, 0) is 65.4 Å². The summed E-state index contributed by atoms with van der Waals surface area (Å²) in [5, 5.41) is 2.03. The van der Waals surface area contributed by atoms with Crippen molar-refractivity contribution in [3.05, 3.63) is 68.2 Å². The number of H-pyrrole nitrogens is 1. The molecule has 0 fully saturated rings. The molecular weight excluding hydrogens is 448 g/mol. The van der Waals surface area contributed by atoms with E-state index < -0.39 is 0 Å². The van der Waals surface area contributed by atoms with Crippen LogP contribution < -0.4 is 9.47 Å². The van der Waals surface area contributed by atoms with E-state index in [1.54, 1.807) is 25.6 Å². The lowest BCUT2D eigenvalue weighted by Gasteiger charge is -2.37. The molecule has 0 spiro atoms. The van der Waals surface area contributed by atoms with Crippen LogP contribution in [0.2, 0.25) is 0 Å². The van der Waals surface area contributed by atoms with Crippen molar-refractivity contribution in [1.29, 1.82) is 0 Å². The fourth-order valence-corrected chi connectivity index (χ4v) is 6.36. The number of methoxy groups -OCH3 is 2. The summed E-state index contributed by atoms with van der Waals surface area (Å²) in [5.74, 6) is 1.39. The second-order valence-corrected chi connectivity index (χ2v) is 11.0. The maximum absolute atomic E-state index is 14.0. The van der Waals surface area contributed by atoms with E-state index in [0.717, 1.165) is 33.7 Å². The summed E-state index contributed by atoms with van der Waals surface area (Å²) < 4.78 is 11.1. The van der Waals surface area contributed by atoms with Crippen LogP contribution in [0.3, 0.4) is 0 Å². The molecule has 1 N–H and O–H groups in total. The Kier molecular flexibility index (Phi) is 5.55. The first-order chi connectivity index (χ1) is 16.2. The van der Waals surface area contributed by atoms with Crippen molar-refractivity contribution in [2.75, 3.05) is 20.8 Å². The first-order valence-electron chi connectivity index (χ1n) is 11.6. The smallest absolute Gasteiger partial charge is 0.271 e. The second-order valence-electron chi connectivity index (χ2n) is 9.99. The van der Waals surface area contributed by atoms with Crippen molar-refractivity contribution < 1.29 is 19.1 Å². The van der Waals surface area contributed by atoms with E-state index in [1.165, 1.54) is 0 Å². The molecule has 1 unspecified atom stereocenters. The van der Waals surface area contributed by atoms with Crippen molar-refractivity contribution >= 4 is 23.0 Å². The van der Waals surface area contributed by atoms with Gasteiger partial charge in [0.1, 0.15) is 5.69 Å². The predicted octanol–water partition coefficient (Wildman–Crippen LogP) is 5.34. The predicted molar refractivity (Wildman–Crippen MR) is 132 cm³/mol. The minimum Gasteiger partial charge on any atom is -0.493 e. The zero-order valence-electron chi connectivity index (χ0n) is 20.3. The lowest BCUT2D eigenvalue weighted by molar-refractivity contribution is 0.0690. The number of thiophene rings is 1. The van der Waals surface area contributed by atoms with Gasteiger partial charge in [-0.1, -0.05) is 19.9 Å². The van der Waals surface area contributed by atoms with Gasteiger partial charge in [0.25, 0.3) is 5.91 Å². The van der Waals surface area contributed by atoms with Crippen LogP contribution in [0.5, 0.6) is 11.5 Å². The van der Waals surface area contributed by atoms with Gasteiger partial charge in [-0.3, -0.25) is 9.59 Å². The van der Waals surface area contributed by atoms with Gasteiger partial charge >= 0.3 is 0 Å². The molecule has 1 atom stereocenters. The molecule has 1 aliphatic carbocycles. The number of ether oxygens (including phenoxy) is 2. The molecule has 0 saturated heterocycles. The number of benzene rings is 1. The van der Waals surface area contributed by atoms with Crippen LogP contribution >= 0.6 is 11.3 Å². The molecule has 6 nitrogen and oxygen atoms in total. The molecule has 2 aliphatic rings. The topological polar surface area (TPSA) is 71.6 Å². The Morgan fingerprint density at radius 3 is 2.59 bits per heavy atom. The summed E-state index contributed by atoms with van der Waals surface area (Å²) >= 11 is 1.63. The van der Waals surface area contributed by atoms with E-state index in [-0.39, 0.29) is 23.1 Å². The van der Waals surface area contributed by atoms with Crippen LogP contribution in [0.4, 0.5) is 0 Å². The Hall–Kier alpha value is -3.06. The van der Waals surface area contributed by atoms with Crippen LogP contribution in [-0.4, -0.2) is 42.3 Å². The summed E-state index contributed by atoms with van der Waals surface area (Å²) in [6.07, 6.45) is 1.98. The van der Waals surface area contributed by atoms with Gasteiger partial charge in [0.15, 0.2) is 17.3 Å². The molecule has 1 aliphatic heterocycles. The number of Topliss-reactive ketones (excluding diaryl/α,β-unsaturated/α-hetero) is 1. The SMILES string of the molecule is COc1cc2c(cc1OC)C(c1cccs1)N(C(=O)c1[nH]c3c(c1C)C(=O)CC(C)(C)C3)CC2. The normalized spacial score (nSPS) is 18.9. The summed E-state index contributed by atoms with van der Waals surface area (Å²) in [5.41, 5.74) is 4.98. The highest BCUT2D eigenvalue weighted by molar-refractivity contribution is 7.10. The summed E-state index contributed by atoms with van der Waals surface area (Å²) in [6.45, 7) is 6.67. The van der Waals surface area contributed by atoms with E-state index in [0.29, 0.717) is 42.1 Å². The molecule has 1 aromatic carbocycles. The monoisotopic (exact) mass is 478 g/mol. The third-order valence-electron chi connectivity index (χ3n) is 7.06. The van der Waals surface area contributed by atoms with Gasteiger partial charge in [-0.15, -0.1) is 11.3 Å². The maximum atomic E-state index is 14.0. The molecule has 0 bridgehead atoms. The van der Waals surface area contributed by atoms with Gasteiger partial charge in [-0.2, -0.15) is 0 Å². The number of rotatable bonds is 4. The van der Waals surface area contributed by atoms with Crippen molar-refractivity contribution in [2.45, 2.75) is 46.1 Å². The van der Waals surface area contributed by atoms with Crippen LogP contribution in [0.15, 0.2) is 29.6 Å². The number of nitrogens with zero attached hydrogens (tertiary/aromatic N) is 1. The van der Waals surface area contributed by atoms with Crippen molar-refractivity contribution in [3.8, 4) is 11.5 Å². The van der Waals surface area contributed by atoms with Crippen molar-refractivity contribution in [2.24, 2.45) is 5.41 Å². The van der Waals surface area contributed by atoms with Crippen LogP contribution in [0.25, 0.3) is 0 Å². The Balaban J connectivity index is 1.60. The Morgan fingerprint density at radius 2 is 1.91 bits per heavy atom. The van der Waals surface area contributed by atoms with Crippen LogP contribution in [0, 0.1) is 12.3 Å². The Bertz CT molecular complexity index is 1270. The maximum Gasteiger partial charge on any atom is 0.271 e. The summed E-state index contributed by atoms with van der Waals surface area (Å²) in [7, 11) is 3.26. The fraction of sp³-hybridized carbons (Fsp3) is 0.407. The number of fused-ring (bicyclic) bond motifs is 2. The molecule has 3 aromatic rings. The first-order valence-corrected chi connectivity index (χ1v) is 12.5. The van der Waals surface area contributed by atoms with Gasteiger partial charge in [0, 0.05) is 29.1 Å². The molecule has 1 amide bonds. The average Bonchev–Trinajstić information content (AvgIpc) is 3.44. The van der Waals surface area contributed by atoms with E-state index in [9.17, 15) is 9.59 Å².